The van der Waals surface area contributed by atoms with Gasteiger partial charge in [-0.25, -0.2) is 4.18 Å². The second-order valence-electron chi connectivity index (χ2n) is 6.02. The molecule has 2 aliphatic rings. The first kappa shape index (κ1) is 22.8. The molecule has 8 N–H and O–H groups in total. The van der Waals surface area contributed by atoms with Crippen molar-refractivity contribution in [3.05, 3.63) is 0 Å². The van der Waals surface area contributed by atoms with E-state index in [0.29, 0.717) is 0 Å². The third-order valence-electron chi connectivity index (χ3n) is 4.19. The van der Waals surface area contributed by atoms with Gasteiger partial charge >= 0.3 is 10.4 Å². The fourth-order valence-electron chi connectivity index (χ4n) is 2.78. The number of aliphatic hydroxyl groups excluding tert-OH is 7. The predicted octanol–water partition coefficient (Wildman–Crippen LogP) is -5.57. The standard InChI is InChI=1S/C12H22O14S/c13-1-3-5(15)7(17)9(11(19)23-3)25-12-10(26-27(20,21)22)8(18)6(16)4(2-14)24-12/h3-19H,1-2H2,(H,20,21,22)/t3-,4-,5-,6-,7+,8+,9-,10+,11?,12-/m1/s1. The van der Waals surface area contributed by atoms with Crippen molar-refractivity contribution in [3.8, 4) is 0 Å². The molecule has 2 aliphatic heterocycles. The second-order valence-corrected chi connectivity index (χ2v) is 7.07. The molecule has 2 fully saturated rings. The monoisotopic (exact) mass is 422 g/mol. The summed E-state index contributed by atoms with van der Waals surface area (Å²) in [5, 5.41) is 67.8. The molecule has 0 aliphatic carbocycles. The third kappa shape index (κ3) is 5.10. The van der Waals surface area contributed by atoms with Crippen molar-refractivity contribution < 1.29 is 67.1 Å². The van der Waals surface area contributed by atoms with Crippen molar-refractivity contribution >= 4 is 10.4 Å². The maximum atomic E-state index is 11.0. The van der Waals surface area contributed by atoms with E-state index in [9.17, 15) is 39.1 Å². The molecule has 2 heterocycles. The molecular formula is C12H22O14S. The third-order valence-corrected chi connectivity index (χ3v) is 4.66. The molecule has 0 bridgehead atoms. The fraction of sp³-hybridized carbons (Fsp3) is 1.00. The molecule has 0 aromatic carbocycles. The molecule has 0 aromatic heterocycles. The maximum Gasteiger partial charge on any atom is 0.397 e. The Balaban J connectivity index is 2.23. The minimum atomic E-state index is -5.16. The summed E-state index contributed by atoms with van der Waals surface area (Å²) in [6.07, 6.45) is -17.9. The van der Waals surface area contributed by atoms with Gasteiger partial charge in [0, 0.05) is 0 Å². The van der Waals surface area contributed by atoms with E-state index >= 15 is 0 Å². The lowest BCUT2D eigenvalue weighted by atomic mass is 9.97. The molecule has 27 heavy (non-hydrogen) atoms. The van der Waals surface area contributed by atoms with Crippen LogP contribution in [0.4, 0.5) is 0 Å². The zero-order chi connectivity index (χ0) is 20.5. The largest absolute Gasteiger partial charge is 0.397 e. The van der Waals surface area contributed by atoms with Gasteiger partial charge in [-0.15, -0.1) is 0 Å². The van der Waals surface area contributed by atoms with Crippen LogP contribution in [0.5, 0.6) is 0 Å². The number of hydrogen-bond donors (Lipinski definition) is 8. The predicted molar refractivity (Wildman–Crippen MR) is 79.0 cm³/mol. The van der Waals surface area contributed by atoms with Crippen LogP contribution in [-0.2, 0) is 28.8 Å². The smallest absolute Gasteiger partial charge is 0.394 e. The molecule has 1 unspecified atom stereocenters. The SMILES string of the molecule is O=S(=O)(O)O[C@@H]1[C@@H](O[C@H]2C(O)O[C@H](CO)[C@@H](O)[C@@H]2O)O[C@H](CO)[C@@H](O)[C@@H]1O. The molecule has 2 rings (SSSR count). The lowest BCUT2D eigenvalue weighted by Gasteiger charge is -2.45. The van der Waals surface area contributed by atoms with Crippen LogP contribution < -0.4 is 0 Å². The van der Waals surface area contributed by atoms with Gasteiger partial charge in [-0.2, -0.15) is 8.42 Å². The average molecular weight is 422 g/mol. The van der Waals surface area contributed by atoms with E-state index in [1.807, 2.05) is 0 Å². The van der Waals surface area contributed by atoms with Crippen LogP contribution in [0, 0.1) is 0 Å². The zero-order valence-corrected chi connectivity index (χ0v) is 14.4. The molecular weight excluding hydrogens is 400 g/mol. The summed E-state index contributed by atoms with van der Waals surface area (Å²) in [6, 6.07) is 0. The molecule has 15 heteroatoms. The van der Waals surface area contributed by atoms with Crippen molar-refractivity contribution in [2.75, 3.05) is 13.2 Å². The Kier molecular flexibility index (Phi) is 7.47. The van der Waals surface area contributed by atoms with Gasteiger partial charge in [0.25, 0.3) is 0 Å². The van der Waals surface area contributed by atoms with Crippen LogP contribution in [0.15, 0.2) is 0 Å². The van der Waals surface area contributed by atoms with Gasteiger partial charge in [-0.3, -0.25) is 4.55 Å². The Morgan fingerprint density at radius 3 is 1.74 bits per heavy atom. The minimum Gasteiger partial charge on any atom is -0.394 e. The average Bonchev–Trinajstić information content (AvgIpc) is 2.59. The van der Waals surface area contributed by atoms with E-state index in [0.717, 1.165) is 0 Å². The van der Waals surface area contributed by atoms with Crippen LogP contribution in [0.25, 0.3) is 0 Å². The number of aliphatic hydroxyl groups is 7. The van der Waals surface area contributed by atoms with Crippen LogP contribution >= 0.6 is 0 Å². The van der Waals surface area contributed by atoms with Crippen molar-refractivity contribution in [2.24, 2.45) is 0 Å². The van der Waals surface area contributed by atoms with E-state index in [2.05, 4.69) is 4.18 Å². The van der Waals surface area contributed by atoms with Gasteiger partial charge in [0.15, 0.2) is 18.7 Å². The normalized spacial score (nSPS) is 46.4. The van der Waals surface area contributed by atoms with Gasteiger partial charge in [-0.05, 0) is 0 Å². The van der Waals surface area contributed by atoms with Crippen molar-refractivity contribution in [1.29, 1.82) is 0 Å². The molecule has 0 aromatic rings. The fourth-order valence-corrected chi connectivity index (χ4v) is 3.27. The summed E-state index contributed by atoms with van der Waals surface area (Å²) in [7, 11) is -5.16. The molecule has 160 valence electrons. The number of rotatable bonds is 6. The Labute approximate surface area is 153 Å². The lowest BCUT2D eigenvalue weighted by molar-refractivity contribution is -0.359. The van der Waals surface area contributed by atoms with Crippen molar-refractivity contribution in [2.45, 2.75) is 61.4 Å². The summed E-state index contributed by atoms with van der Waals surface area (Å²) >= 11 is 0. The number of hydrogen-bond acceptors (Lipinski definition) is 13. The summed E-state index contributed by atoms with van der Waals surface area (Å²) in [4.78, 5) is 0. The van der Waals surface area contributed by atoms with Gasteiger partial charge in [-0.1, -0.05) is 0 Å². The van der Waals surface area contributed by atoms with Crippen LogP contribution in [0.1, 0.15) is 0 Å². The lowest BCUT2D eigenvalue weighted by Crippen LogP contribution is -2.64. The molecule has 0 spiro atoms. The van der Waals surface area contributed by atoms with E-state index in [1.54, 1.807) is 0 Å². The summed E-state index contributed by atoms with van der Waals surface area (Å²) in [5.41, 5.74) is 0. The quantitative estimate of drug-likeness (QED) is 0.186. The van der Waals surface area contributed by atoms with Crippen molar-refractivity contribution in [3.63, 3.8) is 0 Å². The summed E-state index contributed by atoms with van der Waals surface area (Å²) in [6.45, 7) is -1.58. The van der Waals surface area contributed by atoms with Crippen LogP contribution in [0.3, 0.4) is 0 Å². The Bertz CT molecular complexity index is 585. The molecule has 0 radical (unpaired) electrons. The van der Waals surface area contributed by atoms with Crippen molar-refractivity contribution in [1.82, 2.24) is 0 Å². The molecule has 10 atom stereocenters. The molecule has 0 saturated carbocycles. The topological polar surface area (TPSA) is 233 Å². The maximum absolute atomic E-state index is 11.0. The highest BCUT2D eigenvalue weighted by molar-refractivity contribution is 7.80. The first-order valence-electron chi connectivity index (χ1n) is 7.74. The number of ether oxygens (including phenoxy) is 3. The summed E-state index contributed by atoms with van der Waals surface area (Å²) < 4.78 is 50.1. The molecule has 14 nitrogen and oxygen atoms in total. The highest BCUT2D eigenvalue weighted by Gasteiger charge is 2.52. The van der Waals surface area contributed by atoms with Crippen LogP contribution in [0.2, 0.25) is 0 Å². The second kappa shape index (κ2) is 8.87. The highest BCUT2D eigenvalue weighted by atomic mass is 32.3. The first-order chi connectivity index (χ1) is 12.5. The van der Waals surface area contributed by atoms with E-state index in [1.165, 1.54) is 0 Å². The summed E-state index contributed by atoms with van der Waals surface area (Å²) in [5.74, 6) is 0. The van der Waals surface area contributed by atoms with Crippen LogP contribution in [-0.4, -0.2) is 123 Å². The van der Waals surface area contributed by atoms with Gasteiger partial charge in [0.2, 0.25) is 0 Å². The van der Waals surface area contributed by atoms with Gasteiger partial charge in [0.05, 0.1) is 13.2 Å². The first-order valence-corrected chi connectivity index (χ1v) is 9.10. The van der Waals surface area contributed by atoms with E-state index < -0.39 is 85.0 Å². The molecule has 2 saturated heterocycles. The zero-order valence-electron chi connectivity index (χ0n) is 13.6. The van der Waals surface area contributed by atoms with E-state index in [4.69, 9.17) is 23.9 Å². The van der Waals surface area contributed by atoms with E-state index in [-0.39, 0.29) is 0 Å². The highest BCUT2D eigenvalue weighted by Crippen LogP contribution is 2.30. The Morgan fingerprint density at radius 1 is 0.778 bits per heavy atom. The molecule has 0 amide bonds. The minimum absolute atomic E-state index is 0.742. The Hall–Kier alpha value is -0.530. The van der Waals surface area contributed by atoms with Gasteiger partial charge in [0.1, 0.15) is 42.7 Å². The Morgan fingerprint density at radius 2 is 1.26 bits per heavy atom. The van der Waals surface area contributed by atoms with Gasteiger partial charge < -0.3 is 50.0 Å².